The van der Waals surface area contributed by atoms with Gasteiger partial charge in [0.05, 0.1) is 0 Å². The Morgan fingerprint density at radius 2 is 2.11 bits per heavy atom. The van der Waals surface area contributed by atoms with E-state index in [0.717, 1.165) is 22.9 Å². The lowest BCUT2D eigenvalue weighted by Crippen LogP contribution is -2.44. The van der Waals surface area contributed by atoms with Crippen LogP contribution in [-0.2, 0) is 6.54 Å². The third-order valence-electron chi connectivity index (χ3n) is 3.78. The molecule has 1 fully saturated rings. The fourth-order valence-corrected chi connectivity index (χ4v) is 3.03. The van der Waals surface area contributed by atoms with Gasteiger partial charge >= 0.3 is 6.03 Å². The van der Waals surface area contributed by atoms with Crippen molar-refractivity contribution < 1.29 is 4.79 Å². The normalized spacial score (nSPS) is 16.1. The van der Waals surface area contributed by atoms with Gasteiger partial charge in [-0.1, -0.05) is 47.3 Å². The number of hydrogen-bond acceptors (Lipinski definition) is 1. The molecule has 19 heavy (non-hydrogen) atoms. The predicted octanol–water partition coefficient (Wildman–Crippen LogP) is 3.92. The quantitative estimate of drug-likeness (QED) is 0.897. The molecule has 1 N–H and O–H groups in total. The van der Waals surface area contributed by atoms with Crippen molar-refractivity contribution in [1.82, 2.24) is 10.2 Å². The number of amides is 2. The summed E-state index contributed by atoms with van der Waals surface area (Å²) in [5, 5.41) is 2.99. The van der Waals surface area contributed by atoms with Gasteiger partial charge in [-0.25, -0.2) is 4.79 Å². The van der Waals surface area contributed by atoms with Crippen LogP contribution in [0.5, 0.6) is 0 Å². The highest BCUT2D eigenvalue weighted by molar-refractivity contribution is 9.10. The van der Waals surface area contributed by atoms with Crippen LogP contribution in [0.3, 0.4) is 0 Å². The van der Waals surface area contributed by atoms with E-state index < -0.39 is 0 Å². The molecule has 0 aliphatic heterocycles. The lowest BCUT2D eigenvalue weighted by molar-refractivity contribution is 0.173. The SMILES string of the molecule is CN(C(=O)NCc1cccc(Br)c1)C1CCCCC1. The second-order valence-corrected chi connectivity index (χ2v) is 6.11. The summed E-state index contributed by atoms with van der Waals surface area (Å²) >= 11 is 3.44. The second-order valence-electron chi connectivity index (χ2n) is 5.19. The van der Waals surface area contributed by atoms with E-state index in [-0.39, 0.29) is 6.03 Å². The third kappa shape index (κ3) is 4.23. The minimum atomic E-state index is 0.0341. The summed E-state index contributed by atoms with van der Waals surface area (Å²) in [7, 11) is 1.91. The van der Waals surface area contributed by atoms with Crippen LogP contribution in [0.2, 0.25) is 0 Å². The molecule has 0 spiro atoms. The molecule has 2 rings (SSSR count). The molecule has 1 aliphatic rings. The summed E-state index contributed by atoms with van der Waals surface area (Å²) < 4.78 is 1.04. The Hall–Kier alpha value is -1.03. The number of rotatable bonds is 3. The largest absolute Gasteiger partial charge is 0.334 e. The van der Waals surface area contributed by atoms with Crippen molar-refractivity contribution in [1.29, 1.82) is 0 Å². The molecule has 0 heterocycles. The Bertz CT molecular complexity index is 430. The molecule has 1 aromatic rings. The van der Waals surface area contributed by atoms with Crippen molar-refractivity contribution in [2.45, 2.75) is 44.7 Å². The van der Waals surface area contributed by atoms with Crippen LogP contribution in [-0.4, -0.2) is 24.0 Å². The molecule has 0 aromatic heterocycles. The van der Waals surface area contributed by atoms with Crippen molar-refractivity contribution in [2.75, 3.05) is 7.05 Å². The highest BCUT2D eigenvalue weighted by atomic mass is 79.9. The van der Waals surface area contributed by atoms with Gasteiger partial charge in [0.2, 0.25) is 0 Å². The number of carbonyl (C=O) groups excluding carboxylic acids is 1. The number of carbonyl (C=O) groups is 1. The van der Waals surface area contributed by atoms with Gasteiger partial charge in [-0.05, 0) is 30.5 Å². The molecule has 1 aliphatic carbocycles. The average Bonchev–Trinajstić information content (AvgIpc) is 2.45. The predicted molar refractivity (Wildman–Crippen MR) is 81.0 cm³/mol. The molecule has 0 saturated heterocycles. The smallest absolute Gasteiger partial charge is 0.317 e. The third-order valence-corrected chi connectivity index (χ3v) is 4.27. The van der Waals surface area contributed by atoms with Gasteiger partial charge < -0.3 is 10.2 Å². The zero-order valence-corrected chi connectivity index (χ0v) is 12.9. The molecule has 1 saturated carbocycles. The van der Waals surface area contributed by atoms with Gasteiger partial charge in [-0.3, -0.25) is 0 Å². The summed E-state index contributed by atoms with van der Waals surface area (Å²) in [6.07, 6.45) is 6.08. The minimum absolute atomic E-state index is 0.0341. The van der Waals surface area contributed by atoms with E-state index in [1.165, 1.54) is 19.3 Å². The number of nitrogens with one attached hydrogen (secondary N) is 1. The Balaban J connectivity index is 1.83. The molecule has 4 heteroatoms. The molecule has 3 nitrogen and oxygen atoms in total. The number of hydrogen-bond donors (Lipinski definition) is 1. The summed E-state index contributed by atoms with van der Waals surface area (Å²) in [6.45, 7) is 0.579. The van der Waals surface area contributed by atoms with Gasteiger partial charge in [0, 0.05) is 24.1 Å². The minimum Gasteiger partial charge on any atom is -0.334 e. The maximum Gasteiger partial charge on any atom is 0.317 e. The zero-order valence-electron chi connectivity index (χ0n) is 11.4. The fourth-order valence-electron chi connectivity index (χ4n) is 2.58. The van der Waals surface area contributed by atoms with Crippen molar-refractivity contribution in [2.24, 2.45) is 0 Å². The van der Waals surface area contributed by atoms with Crippen LogP contribution < -0.4 is 5.32 Å². The highest BCUT2D eigenvalue weighted by Gasteiger charge is 2.21. The van der Waals surface area contributed by atoms with Crippen LogP contribution in [0.4, 0.5) is 4.79 Å². The van der Waals surface area contributed by atoms with Crippen molar-refractivity contribution in [3.05, 3.63) is 34.3 Å². The van der Waals surface area contributed by atoms with Crippen molar-refractivity contribution in [3.8, 4) is 0 Å². The number of nitrogens with zero attached hydrogens (tertiary/aromatic N) is 1. The molecule has 2 amide bonds. The standard InChI is InChI=1S/C15H21BrN2O/c1-18(14-8-3-2-4-9-14)15(19)17-11-12-6-5-7-13(16)10-12/h5-7,10,14H,2-4,8-9,11H2,1H3,(H,17,19). The lowest BCUT2D eigenvalue weighted by atomic mass is 9.95. The molecule has 0 unspecified atom stereocenters. The number of urea groups is 1. The zero-order chi connectivity index (χ0) is 13.7. The van der Waals surface area contributed by atoms with Crippen molar-refractivity contribution in [3.63, 3.8) is 0 Å². The molecule has 0 radical (unpaired) electrons. The second kappa shape index (κ2) is 6.94. The summed E-state index contributed by atoms with van der Waals surface area (Å²) in [4.78, 5) is 14.0. The highest BCUT2D eigenvalue weighted by Crippen LogP contribution is 2.21. The number of halogens is 1. The van der Waals surface area contributed by atoms with Gasteiger partial charge in [0.1, 0.15) is 0 Å². The Kier molecular flexibility index (Phi) is 5.25. The van der Waals surface area contributed by atoms with E-state index in [2.05, 4.69) is 21.2 Å². The molecule has 104 valence electrons. The molecular formula is C15H21BrN2O. The maximum atomic E-state index is 12.1. The van der Waals surface area contributed by atoms with Gasteiger partial charge in [0.25, 0.3) is 0 Å². The van der Waals surface area contributed by atoms with Gasteiger partial charge in [0.15, 0.2) is 0 Å². The maximum absolute atomic E-state index is 12.1. The van der Waals surface area contributed by atoms with Gasteiger partial charge in [-0.2, -0.15) is 0 Å². The topological polar surface area (TPSA) is 32.3 Å². The summed E-state index contributed by atoms with van der Waals surface area (Å²) in [5.41, 5.74) is 1.11. The molecule has 0 atom stereocenters. The average molecular weight is 325 g/mol. The van der Waals surface area contributed by atoms with E-state index in [4.69, 9.17) is 0 Å². The lowest BCUT2D eigenvalue weighted by Gasteiger charge is -2.31. The Morgan fingerprint density at radius 3 is 2.79 bits per heavy atom. The first-order valence-electron chi connectivity index (χ1n) is 6.92. The fraction of sp³-hybridized carbons (Fsp3) is 0.533. The monoisotopic (exact) mass is 324 g/mol. The van der Waals surface area contributed by atoms with Crippen LogP contribution in [0.15, 0.2) is 28.7 Å². The first kappa shape index (κ1) is 14.4. The van der Waals surface area contributed by atoms with Crippen LogP contribution >= 0.6 is 15.9 Å². The van der Waals surface area contributed by atoms with E-state index >= 15 is 0 Å². The van der Waals surface area contributed by atoms with E-state index in [9.17, 15) is 4.79 Å². The summed E-state index contributed by atoms with van der Waals surface area (Å²) in [5.74, 6) is 0. The van der Waals surface area contributed by atoms with Crippen LogP contribution in [0.1, 0.15) is 37.7 Å². The Morgan fingerprint density at radius 1 is 1.37 bits per heavy atom. The first-order valence-corrected chi connectivity index (χ1v) is 7.71. The van der Waals surface area contributed by atoms with Crippen LogP contribution in [0, 0.1) is 0 Å². The number of benzene rings is 1. The van der Waals surface area contributed by atoms with E-state index in [1.807, 2.05) is 36.2 Å². The Labute approximate surface area is 123 Å². The van der Waals surface area contributed by atoms with Crippen LogP contribution in [0.25, 0.3) is 0 Å². The van der Waals surface area contributed by atoms with E-state index in [0.29, 0.717) is 12.6 Å². The molecular weight excluding hydrogens is 304 g/mol. The molecule has 1 aromatic carbocycles. The van der Waals surface area contributed by atoms with E-state index in [1.54, 1.807) is 0 Å². The first-order chi connectivity index (χ1) is 9.16. The van der Waals surface area contributed by atoms with Crippen molar-refractivity contribution >= 4 is 22.0 Å². The summed E-state index contributed by atoms with van der Waals surface area (Å²) in [6, 6.07) is 8.46. The molecule has 0 bridgehead atoms. The van der Waals surface area contributed by atoms with Gasteiger partial charge in [-0.15, -0.1) is 0 Å².